The Balaban J connectivity index is 2.75. The minimum Gasteiger partial charge on any atom is -0.481 e. The molecular formula is C13H19N3O3. The van der Waals surface area contributed by atoms with Crippen molar-refractivity contribution in [1.82, 2.24) is 4.98 Å². The molecule has 6 heteroatoms. The van der Waals surface area contributed by atoms with Gasteiger partial charge in [0.05, 0.1) is 5.56 Å². The van der Waals surface area contributed by atoms with E-state index in [4.69, 9.17) is 10.8 Å². The second kappa shape index (κ2) is 6.72. The molecule has 0 fully saturated rings. The summed E-state index contributed by atoms with van der Waals surface area (Å²) < 4.78 is 0. The highest BCUT2D eigenvalue weighted by molar-refractivity contribution is 5.92. The van der Waals surface area contributed by atoms with E-state index >= 15 is 0 Å². The number of primary amides is 1. The van der Waals surface area contributed by atoms with Crippen molar-refractivity contribution < 1.29 is 14.7 Å². The van der Waals surface area contributed by atoms with Crippen LogP contribution in [-0.4, -0.2) is 34.6 Å². The molecule has 6 nitrogen and oxygen atoms in total. The van der Waals surface area contributed by atoms with E-state index < -0.39 is 11.9 Å². The molecule has 1 rings (SSSR count). The van der Waals surface area contributed by atoms with Gasteiger partial charge in [-0.15, -0.1) is 0 Å². The smallest absolute Gasteiger partial charge is 0.303 e. The molecule has 1 aromatic rings. The van der Waals surface area contributed by atoms with Gasteiger partial charge in [0, 0.05) is 25.2 Å². The monoisotopic (exact) mass is 265 g/mol. The van der Waals surface area contributed by atoms with Gasteiger partial charge in [-0.1, -0.05) is 0 Å². The van der Waals surface area contributed by atoms with Gasteiger partial charge in [0.1, 0.15) is 5.82 Å². The zero-order valence-corrected chi connectivity index (χ0v) is 11.2. The number of carboxylic acids is 1. The average molecular weight is 265 g/mol. The fraction of sp³-hybridized carbons (Fsp3) is 0.462. The SMILES string of the molecule is CC(C)N(CCCC(=O)O)c1ccc(C(N)=O)cn1. The van der Waals surface area contributed by atoms with E-state index in [1.807, 2.05) is 18.7 Å². The minimum absolute atomic E-state index is 0.128. The summed E-state index contributed by atoms with van der Waals surface area (Å²) in [6.45, 7) is 4.61. The lowest BCUT2D eigenvalue weighted by atomic mass is 10.2. The molecule has 1 amide bonds. The van der Waals surface area contributed by atoms with Gasteiger partial charge >= 0.3 is 5.97 Å². The number of carboxylic acid groups (broad SMARTS) is 1. The van der Waals surface area contributed by atoms with Gasteiger partial charge in [-0.3, -0.25) is 9.59 Å². The lowest BCUT2D eigenvalue weighted by molar-refractivity contribution is -0.137. The number of pyridine rings is 1. The number of nitrogens with two attached hydrogens (primary N) is 1. The first-order valence-electron chi connectivity index (χ1n) is 6.16. The number of rotatable bonds is 7. The highest BCUT2D eigenvalue weighted by atomic mass is 16.4. The van der Waals surface area contributed by atoms with Crippen molar-refractivity contribution in [3.8, 4) is 0 Å². The highest BCUT2D eigenvalue weighted by Crippen LogP contribution is 2.15. The first-order valence-corrected chi connectivity index (χ1v) is 6.16. The van der Waals surface area contributed by atoms with E-state index in [0.29, 0.717) is 24.3 Å². The molecule has 0 aliphatic carbocycles. The standard InChI is InChI=1S/C13H19N3O3/c1-9(2)16(7-3-4-12(17)18)11-6-5-10(8-15-11)13(14)19/h5-6,8-9H,3-4,7H2,1-2H3,(H2,14,19)(H,17,18). The first kappa shape index (κ1) is 14.9. The Bertz CT molecular complexity index is 443. The van der Waals surface area contributed by atoms with Gasteiger partial charge in [0.25, 0.3) is 0 Å². The number of amides is 1. The van der Waals surface area contributed by atoms with Crippen molar-refractivity contribution >= 4 is 17.7 Å². The average Bonchev–Trinajstić information content (AvgIpc) is 2.34. The number of carbonyl (C=O) groups is 2. The second-order valence-electron chi connectivity index (χ2n) is 4.55. The van der Waals surface area contributed by atoms with Crippen LogP contribution in [0.4, 0.5) is 5.82 Å². The van der Waals surface area contributed by atoms with Crippen molar-refractivity contribution in [1.29, 1.82) is 0 Å². The largest absolute Gasteiger partial charge is 0.481 e. The Kier molecular flexibility index (Phi) is 5.29. The van der Waals surface area contributed by atoms with Crippen molar-refractivity contribution in [2.24, 2.45) is 5.73 Å². The van der Waals surface area contributed by atoms with Crippen LogP contribution >= 0.6 is 0 Å². The maximum atomic E-state index is 11.0. The highest BCUT2D eigenvalue weighted by Gasteiger charge is 2.13. The van der Waals surface area contributed by atoms with Crippen LogP contribution in [0.25, 0.3) is 0 Å². The molecule has 1 heterocycles. The summed E-state index contributed by atoms with van der Waals surface area (Å²) in [5.41, 5.74) is 5.51. The van der Waals surface area contributed by atoms with E-state index in [-0.39, 0.29) is 12.5 Å². The second-order valence-corrected chi connectivity index (χ2v) is 4.55. The number of aliphatic carboxylic acids is 1. The Hall–Kier alpha value is -2.11. The van der Waals surface area contributed by atoms with Crippen LogP contribution in [0, 0.1) is 0 Å². The van der Waals surface area contributed by atoms with E-state index in [0.717, 1.165) is 0 Å². The van der Waals surface area contributed by atoms with Gasteiger partial charge in [-0.05, 0) is 32.4 Å². The van der Waals surface area contributed by atoms with Crippen LogP contribution in [0.2, 0.25) is 0 Å². The quantitative estimate of drug-likeness (QED) is 0.773. The Morgan fingerprint density at radius 3 is 2.53 bits per heavy atom. The van der Waals surface area contributed by atoms with E-state index in [9.17, 15) is 9.59 Å². The molecule has 0 bridgehead atoms. The number of hydrogen-bond acceptors (Lipinski definition) is 4. The molecule has 0 saturated carbocycles. The van der Waals surface area contributed by atoms with Crippen LogP contribution in [0.15, 0.2) is 18.3 Å². The molecule has 0 atom stereocenters. The first-order chi connectivity index (χ1) is 8.91. The topological polar surface area (TPSA) is 96.5 Å². The predicted octanol–water partition coefficient (Wildman–Crippen LogP) is 1.26. The molecule has 104 valence electrons. The third-order valence-electron chi connectivity index (χ3n) is 2.74. The zero-order valence-electron chi connectivity index (χ0n) is 11.2. The predicted molar refractivity (Wildman–Crippen MR) is 72.1 cm³/mol. The summed E-state index contributed by atoms with van der Waals surface area (Å²) in [6.07, 6.45) is 2.11. The van der Waals surface area contributed by atoms with Crippen molar-refractivity contribution in [2.75, 3.05) is 11.4 Å². The molecule has 0 radical (unpaired) electrons. The summed E-state index contributed by atoms with van der Waals surface area (Å²) in [6, 6.07) is 3.54. The minimum atomic E-state index is -0.805. The molecule has 0 saturated heterocycles. The Morgan fingerprint density at radius 2 is 2.11 bits per heavy atom. The van der Waals surface area contributed by atoms with E-state index in [2.05, 4.69) is 4.98 Å². The lowest BCUT2D eigenvalue weighted by Crippen LogP contribution is -2.32. The Morgan fingerprint density at radius 1 is 1.42 bits per heavy atom. The Labute approximate surface area is 112 Å². The number of nitrogens with zero attached hydrogens (tertiary/aromatic N) is 2. The summed E-state index contributed by atoms with van der Waals surface area (Å²) in [5, 5.41) is 8.65. The fourth-order valence-corrected chi connectivity index (χ4v) is 1.74. The van der Waals surface area contributed by atoms with Crippen LogP contribution < -0.4 is 10.6 Å². The summed E-state index contributed by atoms with van der Waals surface area (Å²) in [7, 11) is 0. The molecule has 0 aromatic carbocycles. The number of anilines is 1. The summed E-state index contributed by atoms with van der Waals surface area (Å²) in [5.74, 6) is -0.604. The third-order valence-corrected chi connectivity index (χ3v) is 2.74. The van der Waals surface area contributed by atoms with Crippen molar-refractivity contribution in [3.63, 3.8) is 0 Å². The number of carbonyl (C=O) groups excluding carboxylic acids is 1. The molecule has 0 spiro atoms. The zero-order chi connectivity index (χ0) is 14.4. The third kappa shape index (κ3) is 4.57. The van der Waals surface area contributed by atoms with Gasteiger partial charge in [-0.25, -0.2) is 4.98 Å². The summed E-state index contributed by atoms with van der Waals surface area (Å²) in [4.78, 5) is 27.7. The van der Waals surface area contributed by atoms with Gasteiger partial charge in [0.2, 0.25) is 5.91 Å². The molecule has 0 aliphatic rings. The van der Waals surface area contributed by atoms with Gasteiger partial charge < -0.3 is 15.7 Å². The maximum absolute atomic E-state index is 11.0. The van der Waals surface area contributed by atoms with Crippen LogP contribution in [0.3, 0.4) is 0 Å². The number of hydrogen-bond donors (Lipinski definition) is 2. The van der Waals surface area contributed by atoms with Crippen LogP contribution in [-0.2, 0) is 4.79 Å². The van der Waals surface area contributed by atoms with Crippen LogP contribution in [0.1, 0.15) is 37.0 Å². The molecule has 19 heavy (non-hydrogen) atoms. The van der Waals surface area contributed by atoms with Gasteiger partial charge in [-0.2, -0.15) is 0 Å². The maximum Gasteiger partial charge on any atom is 0.303 e. The molecule has 0 unspecified atom stereocenters. The number of aromatic nitrogens is 1. The van der Waals surface area contributed by atoms with Crippen molar-refractivity contribution in [2.45, 2.75) is 32.7 Å². The summed E-state index contributed by atoms with van der Waals surface area (Å²) >= 11 is 0. The van der Waals surface area contributed by atoms with E-state index in [1.54, 1.807) is 12.1 Å². The lowest BCUT2D eigenvalue weighted by Gasteiger charge is -2.27. The molecule has 1 aromatic heterocycles. The fourth-order valence-electron chi connectivity index (χ4n) is 1.74. The van der Waals surface area contributed by atoms with E-state index in [1.165, 1.54) is 6.20 Å². The van der Waals surface area contributed by atoms with Gasteiger partial charge in [0.15, 0.2) is 0 Å². The molecule has 3 N–H and O–H groups in total. The molecular weight excluding hydrogens is 246 g/mol. The van der Waals surface area contributed by atoms with Crippen molar-refractivity contribution in [3.05, 3.63) is 23.9 Å². The van der Waals surface area contributed by atoms with Crippen LogP contribution in [0.5, 0.6) is 0 Å². The normalized spacial score (nSPS) is 10.5. The molecule has 0 aliphatic heterocycles.